The van der Waals surface area contributed by atoms with E-state index >= 15 is 0 Å². The van der Waals surface area contributed by atoms with Gasteiger partial charge in [0, 0.05) is 0 Å². The van der Waals surface area contributed by atoms with Gasteiger partial charge in [0.2, 0.25) is 0 Å². The normalized spacial score (nSPS) is 17.5. The number of amides is 1. The van der Waals surface area contributed by atoms with Gasteiger partial charge in [-0.3, -0.25) is 4.79 Å². The van der Waals surface area contributed by atoms with Gasteiger partial charge in [0.1, 0.15) is 0 Å². The van der Waals surface area contributed by atoms with Crippen LogP contribution in [0.5, 0.6) is 0 Å². The molecule has 0 spiro atoms. The third-order valence-electron chi connectivity index (χ3n) is 2.70. The molecule has 2 N–H and O–H groups in total. The number of hydrogen-bond donors (Lipinski definition) is 1. The molecule has 1 rings (SSSR count). The zero-order valence-corrected chi connectivity index (χ0v) is 9.65. The number of halogens is 3. The minimum absolute atomic E-state index is 1.10. The Morgan fingerprint density at radius 1 is 1.25 bits per heavy atom. The van der Waals surface area contributed by atoms with Crippen LogP contribution >= 0.6 is 0 Å². The largest absolute Gasteiger partial charge is 0.470 e. The molecule has 0 unspecified atom stereocenters. The molecule has 0 aromatic carbocycles. The first-order chi connectivity index (χ1) is 7.38. The summed E-state index contributed by atoms with van der Waals surface area (Å²) in [5, 5.41) is 0. The van der Waals surface area contributed by atoms with Crippen molar-refractivity contribution in [2.45, 2.75) is 58.0 Å². The van der Waals surface area contributed by atoms with Gasteiger partial charge in [0.15, 0.2) is 0 Å². The van der Waals surface area contributed by atoms with Crippen molar-refractivity contribution in [2.75, 3.05) is 0 Å². The minimum Gasteiger partial charge on any atom is -0.362 e. The summed E-state index contributed by atoms with van der Waals surface area (Å²) < 4.78 is 32.1. The van der Waals surface area contributed by atoms with E-state index in [2.05, 4.69) is 12.7 Å². The highest BCUT2D eigenvalue weighted by atomic mass is 19.4. The molecule has 2 nitrogen and oxygen atoms in total. The van der Waals surface area contributed by atoms with Gasteiger partial charge < -0.3 is 5.73 Å². The Morgan fingerprint density at radius 3 is 2.00 bits per heavy atom. The Morgan fingerprint density at radius 2 is 1.69 bits per heavy atom. The standard InChI is InChI=1S/C9H18.C2H2F3NO/c1-2-6-9-7-4-3-5-8-9;3-2(4,5)1(6)7/h9H,2-8H2,1H3;(H2,6,7). The maximum atomic E-state index is 10.7. The van der Waals surface area contributed by atoms with Crippen molar-refractivity contribution in [3.05, 3.63) is 0 Å². The van der Waals surface area contributed by atoms with E-state index in [4.69, 9.17) is 4.79 Å². The summed E-state index contributed by atoms with van der Waals surface area (Å²) in [6, 6.07) is 0. The highest BCUT2D eigenvalue weighted by Crippen LogP contribution is 2.26. The SMILES string of the molecule is CCCC1CCCCC1.NC(=O)C(F)(F)F. The predicted octanol–water partition coefficient (Wildman–Crippen LogP) is 3.40. The van der Waals surface area contributed by atoms with Gasteiger partial charge in [-0.15, -0.1) is 0 Å². The van der Waals surface area contributed by atoms with Gasteiger partial charge >= 0.3 is 12.1 Å². The van der Waals surface area contributed by atoms with E-state index in [1.54, 1.807) is 0 Å². The molecule has 0 saturated heterocycles. The summed E-state index contributed by atoms with van der Waals surface area (Å²) in [4.78, 5) is 9.12. The zero-order chi connectivity index (χ0) is 12.6. The van der Waals surface area contributed by atoms with Gasteiger partial charge in [-0.2, -0.15) is 13.2 Å². The molecule has 0 heterocycles. The zero-order valence-electron chi connectivity index (χ0n) is 9.65. The van der Waals surface area contributed by atoms with Crippen molar-refractivity contribution >= 4 is 5.91 Å². The van der Waals surface area contributed by atoms with Crippen LogP contribution in [0.3, 0.4) is 0 Å². The average Bonchev–Trinajstić information content (AvgIpc) is 2.19. The number of nitrogens with two attached hydrogens (primary N) is 1. The van der Waals surface area contributed by atoms with Crippen LogP contribution in [-0.2, 0) is 4.79 Å². The predicted molar refractivity (Wildman–Crippen MR) is 56.7 cm³/mol. The Hall–Kier alpha value is -0.740. The molecule has 96 valence electrons. The van der Waals surface area contributed by atoms with E-state index in [0.717, 1.165) is 5.92 Å². The molecule has 5 heteroatoms. The maximum absolute atomic E-state index is 10.7. The van der Waals surface area contributed by atoms with Gasteiger partial charge in [-0.25, -0.2) is 0 Å². The number of rotatable bonds is 2. The molecule has 1 amide bonds. The third kappa shape index (κ3) is 7.54. The fraction of sp³-hybridized carbons (Fsp3) is 0.909. The van der Waals surface area contributed by atoms with Crippen molar-refractivity contribution in [1.29, 1.82) is 0 Å². The first kappa shape index (κ1) is 15.3. The molecule has 0 aliphatic heterocycles. The lowest BCUT2D eigenvalue weighted by atomic mass is 9.86. The number of carbonyl (C=O) groups is 1. The number of hydrogen-bond acceptors (Lipinski definition) is 1. The quantitative estimate of drug-likeness (QED) is 0.788. The lowest BCUT2D eigenvalue weighted by molar-refractivity contribution is -0.169. The lowest BCUT2D eigenvalue weighted by Gasteiger charge is -2.20. The lowest BCUT2D eigenvalue weighted by Crippen LogP contribution is -2.30. The van der Waals surface area contributed by atoms with Crippen LogP contribution in [-0.4, -0.2) is 12.1 Å². The molecule has 1 aliphatic carbocycles. The minimum atomic E-state index is -4.86. The van der Waals surface area contributed by atoms with Crippen molar-refractivity contribution < 1.29 is 18.0 Å². The van der Waals surface area contributed by atoms with Gasteiger partial charge in [-0.05, 0) is 5.92 Å². The number of primary amides is 1. The summed E-state index contributed by atoms with van der Waals surface area (Å²) in [7, 11) is 0. The topological polar surface area (TPSA) is 43.1 Å². The summed E-state index contributed by atoms with van der Waals surface area (Å²) >= 11 is 0. The molecule has 1 aliphatic rings. The van der Waals surface area contributed by atoms with Crippen molar-refractivity contribution in [1.82, 2.24) is 0 Å². The van der Waals surface area contributed by atoms with E-state index in [0.29, 0.717) is 0 Å². The molecular formula is C11H20F3NO. The van der Waals surface area contributed by atoms with E-state index in [1.807, 2.05) is 0 Å². The van der Waals surface area contributed by atoms with E-state index in [-0.39, 0.29) is 0 Å². The molecule has 0 aromatic heterocycles. The maximum Gasteiger partial charge on any atom is 0.470 e. The fourth-order valence-electron chi connectivity index (χ4n) is 1.88. The summed E-state index contributed by atoms with van der Waals surface area (Å²) in [5.41, 5.74) is 3.81. The van der Waals surface area contributed by atoms with Gasteiger partial charge in [0.05, 0.1) is 0 Å². The Kier molecular flexibility index (Phi) is 7.17. The van der Waals surface area contributed by atoms with Crippen LogP contribution in [0.2, 0.25) is 0 Å². The van der Waals surface area contributed by atoms with Gasteiger partial charge in [-0.1, -0.05) is 51.9 Å². The monoisotopic (exact) mass is 239 g/mol. The van der Waals surface area contributed by atoms with Crippen molar-refractivity contribution in [3.8, 4) is 0 Å². The van der Waals surface area contributed by atoms with Crippen LogP contribution in [0.25, 0.3) is 0 Å². The summed E-state index contributed by atoms with van der Waals surface area (Å²) in [5.74, 6) is -1.16. The van der Waals surface area contributed by atoms with Crippen LogP contribution < -0.4 is 5.73 Å². The molecule has 1 saturated carbocycles. The summed E-state index contributed by atoms with van der Waals surface area (Å²) in [6.45, 7) is 2.30. The Bertz CT molecular complexity index is 195. The van der Waals surface area contributed by atoms with Crippen LogP contribution in [0, 0.1) is 5.92 Å². The fourth-order valence-corrected chi connectivity index (χ4v) is 1.88. The molecule has 0 bridgehead atoms. The average molecular weight is 239 g/mol. The number of carbonyl (C=O) groups excluding carboxylic acids is 1. The molecule has 1 fully saturated rings. The second-order valence-electron chi connectivity index (χ2n) is 4.15. The first-order valence-corrected chi connectivity index (χ1v) is 5.74. The molecule has 0 radical (unpaired) electrons. The Balaban J connectivity index is 0.000000293. The van der Waals surface area contributed by atoms with E-state index in [9.17, 15) is 13.2 Å². The smallest absolute Gasteiger partial charge is 0.362 e. The molecule has 0 atom stereocenters. The van der Waals surface area contributed by atoms with E-state index < -0.39 is 12.1 Å². The highest BCUT2D eigenvalue weighted by Gasteiger charge is 2.35. The molecular weight excluding hydrogens is 219 g/mol. The second kappa shape index (κ2) is 7.52. The summed E-state index contributed by atoms with van der Waals surface area (Å²) in [6.07, 6.45) is 5.57. The third-order valence-corrected chi connectivity index (χ3v) is 2.70. The molecule has 0 aromatic rings. The second-order valence-corrected chi connectivity index (χ2v) is 4.15. The van der Waals surface area contributed by atoms with E-state index in [1.165, 1.54) is 44.9 Å². The van der Waals surface area contributed by atoms with Crippen molar-refractivity contribution in [3.63, 3.8) is 0 Å². The van der Waals surface area contributed by atoms with Crippen molar-refractivity contribution in [2.24, 2.45) is 11.7 Å². The molecule has 16 heavy (non-hydrogen) atoms. The highest BCUT2D eigenvalue weighted by molar-refractivity contribution is 5.79. The van der Waals surface area contributed by atoms with Crippen LogP contribution in [0.15, 0.2) is 0 Å². The van der Waals surface area contributed by atoms with Crippen LogP contribution in [0.4, 0.5) is 13.2 Å². The Labute approximate surface area is 94.4 Å². The number of alkyl halides is 3. The first-order valence-electron chi connectivity index (χ1n) is 5.74. The van der Waals surface area contributed by atoms with Crippen LogP contribution in [0.1, 0.15) is 51.9 Å². The van der Waals surface area contributed by atoms with Gasteiger partial charge in [0.25, 0.3) is 0 Å².